The molecule has 1 aliphatic rings. The second kappa shape index (κ2) is 10.5. The number of rotatable bonds is 8. The number of benzene rings is 2. The van der Waals surface area contributed by atoms with Gasteiger partial charge in [0.2, 0.25) is 17.7 Å². The molecule has 3 amide bonds. The standard InChI is InChI=1S/C23H26FN3O3/c24-19-10-6-7-17(15-19)16-20(28)25-12-13-26-23(30)22(18-8-2-1-3-9-18)27-14-5-4-11-21(27)29/h1-3,6-10,15,22H,4-5,11-14,16H2,(H,25,28)(H,26,30). The molecule has 0 saturated carbocycles. The monoisotopic (exact) mass is 411 g/mol. The van der Waals surface area contributed by atoms with E-state index in [2.05, 4.69) is 10.6 Å². The first-order valence-electron chi connectivity index (χ1n) is 10.2. The molecule has 6 nitrogen and oxygen atoms in total. The number of carbonyl (C=O) groups excluding carboxylic acids is 3. The summed E-state index contributed by atoms with van der Waals surface area (Å²) >= 11 is 0. The smallest absolute Gasteiger partial charge is 0.247 e. The zero-order chi connectivity index (χ0) is 21.3. The fourth-order valence-electron chi connectivity index (χ4n) is 3.59. The van der Waals surface area contributed by atoms with Crippen molar-refractivity contribution in [2.24, 2.45) is 0 Å². The molecule has 1 saturated heterocycles. The van der Waals surface area contributed by atoms with Gasteiger partial charge in [-0.2, -0.15) is 0 Å². The molecular weight excluding hydrogens is 385 g/mol. The van der Waals surface area contributed by atoms with Gasteiger partial charge in [0.15, 0.2) is 0 Å². The summed E-state index contributed by atoms with van der Waals surface area (Å²) in [6.45, 7) is 1.03. The normalized spacial score (nSPS) is 14.8. The fraction of sp³-hybridized carbons (Fsp3) is 0.348. The largest absolute Gasteiger partial charge is 0.354 e. The average Bonchev–Trinajstić information content (AvgIpc) is 2.74. The maximum Gasteiger partial charge on any atom is 0.247 e. The minimum absolute atomic E-state index is 0.0198. The van der Waals surface area contributed by atoms with Crippen LogP contribution in [0.4, 0.5) is 4.39 Å². The maximum absolute atomic E-state index is 13.2. The zero-order valence-corrected chi connectivity index (χ0v) is 16.8. The molecule has 0 aromatic heterocycles. The third-order valence-electron chi connectivity index (χ3n) is 5.04. The molecule has 0 spiro atoms. The lowest BCUT2D eigenvalue weighted by atomic mass is 10.0. The Bertz CT molecular complexity index is 888. The van der Waals surface area contributed by atoms with Crippen LogP contribution in [0, 0.1) is 5.82 Å². The van der Waals surface area contributed by atoms with Crippen molar-refractivity contribution in [3.8, 4) is 0 Å². The van der Waals surface area contributed by atoms with E-state index in [1.165, 1.54) is 12.1 Å². The van der Waals surface area contributed by atoms with Crippen LogP contribution in [-0.2, 0) is 20.8 Å². The molecule has 1 heterocycles. The van der Waals surface area contributed by atoms with Gasteiger partial charge in [-0.3, -0.25) is 14.4 Å². The topological polar surface area (TPSA) is 78.5 Å². The Labute approximate surface area is 175 Å². The molecule has 158 valence electrons. The van der Waals surface area contributed by atoms with Crippen molar-refractivity contribution in [1.82, 2.24) is 15.5 Å². The number of nitrogens with one attached hydrogen (secondary N) is 2. The van der Waals surface area contributed by atoms with E-state index in [1.807, 2.05) is 30.3 Å². The predicted molar refractivity (Wildman–Crippen MR) is 111 cm³/mol. The number of likely N-dealkylation sites (tertiary alicyclic amines) is 1. The van der Waals surface area contributed by atoms with Gasteiger partial charge in [-0.05, 0) is 36.1 Å². The lowest BCUT2D eigenvalue weighted by Gasteiger charge is -2.34. The first-order chi connectivity index (χ1) is 14.5. The summed E-state index contributed by atoms with van der Waals surface area (Å²) in [6, 6.07) is 14.4. The minimum Gasteiger partial charge on any atom is -0.354 e. The Morgan fingerprint density at radius 3 is 2.50 bits per heavy atom. The molecule has 1 atom stereocenters. The summed E-state index contributed by atoms with van der Waals surface area (Å²) in [4.78, 5) is 38.9. The third-order valence-corrected chi connectivity index (χ3v) is 5.04. The molecule has 30 heavy (non-hydrogen) atoms. The van der Waals surface area contributed by atoms with E-state index >= 15 is 0 Å². The Balaban J connectivity index is 1.53. The summed E-state index contributed by atoms with van der Waals surface area (Å²) in [5, 5.41) is 5.54. The first kappa shape index (κ1) is 21.5. The second-order valence-corrected chi connectivity index (χ2v) is 7.31. The van der Waals surface area contributed by atoms with E-state index in [9.17, 15) is 18.8 Å². The lowest BCUT2D eigenvalue weighted by molar-refractivity contribution is -0.142. The Kier molecular flexibility index (Phi) is 7.54. The summed E-state index contributed by atoms with van der Waals surface area (Å²) in [5.41, 5.74) is 1.35. The second-order valence-electron chi connectivity index (χ2n) is 7.31. The minimum atomic E-state index is -0.679. The van der Waals surface area contributed by atoms with Crippen LogP contribution >= 0.6 is 0 Å². The molecule has 3 rings (SSSR count). The molecule has 7 heteroatoms. The molecule has 0 bridgehead atoms. The van der Waals surface area contributed by atoms with Crippen LogP contribution in [0.3, 0.4) is 0 Å². The van der Waals surface area contributed by atoms with Gasteiger partial charge in [-0.25, -0.2) is 4.39 Å². The quantitative estimate of drug-likeness (QED) is 0.655. The Hall–Kier alpha value is -3.22. The van der Waals surface area contributed by atoms with Gasteiger partial charge >= 0.3 is 0 Å². The van der Waals surface area contributed by atoms with E-state index in [0.29, 0.717) is 18.5 Å². The van der Waals surface area contributed by atoms with Crippen LogP contribution in [0.1, 0.15) is 36.4 Å². The highest BCUT2D eigenvalue weighted by Gasteiger charge is 2.32. The number of carbonyl (C=O) groups is 3. The van der Waals surface area contributed by atoms with Crippen LogP contribution in [0.2, 0.25) is 0 Å². The highest BCUT2D eigenvalue weighted by Crippen LogP contribution is 2.25. The average molecular weight is 411 g/mol. The van der Waals surface area contributed by atoms with Gasteiger partial charge in [0.05, 0.1) is 6.42 Å². The third kappa shape index (κ3) is 5.89. The van der Waals surface area contributed by atoms with Gasteiger partial charge in [-0.15, -0.1) is 0 Å². The van der Waals surface area contributed by atoms with Crippen LogP contribution in [0.25, 0.3) is 0 Å². The van der Waals surface area contributed by atoms with Crippen molar-refractivity contribution in [2.45, 2.75) is 31.7 Å². The number of halogens is 1. The Morgan fingerprint density at radius 2 is 1.77 bits per heavy atom. The van der Waals surface area contributed by atoms with E-state index in [0.717, 1.165) is 18.4 Å². The summed E-state index contributed by atoms with van der Waals surface area (Å²) in [5.74, 6) is -0.920. The van der Waals surface area contributed by atoms with Gasteiger partial charge in [-0.1, -0.05) is 42.5 Å². The van der Waals surface area contributed by atoms with Crippen LogP contribution < -0.4 is 10.6 Å². The van der Waals surface area contributed by atoms with Gasteiger partial charge in [0.1, 0.15) is 11.9 Å². The number of amides is 3. The number of piperidine rings is 1. The number of hydrogen-bond donors (Lipinski definition) is 2. The summed E-state index contributed by atoms with van der Waals surface area (Å²) < 4.78 is 13.2. The molecule has 2 N–H and O–H groups in total. The molecule has 0 radical (unpaired) electrons. The summed E-state index contributed by atoms with van der Waals surface area (Å²) in [6.07, 6.45) is 2.24. The van der Waals surface area contributed by atoms with Crippen molar-refractivity contribution < 1.29 is 18.8 Å². The molecule has 1 fully saturated rings. The van der Waals surface area contributed by atoms with Crippen LogP contribution in [0.15, 0.2) is 54.6 Å². The molecular formula is C23H26FN3O3. The summed E-state index contributed by atoms with van der Waals surface area (Å²) in [7, 11) is 0. The van der Waals surface area contributed by atoms with Crippen LogP contribution in [-0.4, -0.2) is 42.3 Å². The first-order valence-corrected chi connectivity index (χ1v) is 10.2. The van der Waals surface area contributed by atoms with Gasteiger partial charge in [0, 0.05) is 26.1 Å². The molecule has 2 aromatic carbocycles. The van der Waals surface area contributed by atoms with Gasteiger partial charge in [0.25, 0.3) is 0 Å². The van der Waals surface area contributed by atoms with Crippen molar-refractivity contribution in [3.63, 3.8) is 0 Å². The van der Waals surface area contributed by atoms with E-state index in [-0.39, 0.29) is 43.0 Å². The number of nitrogens with zero attached hydrogens (tertiary/aromatic N) is 1. The zero-order valence-electron chi connectivity index (χ0n) is 16.8. The lowest BCUT2D eigenvalue weighted by Crippen LogP contribution is -2.47. The predicted octanol–water partition coefficient (Wildman–Crippen LogP) is 2.35. The van der Waals surface area contributed by atoms with Crippen molar-refractivity contribution in [2.75, 3.05) is 19.6 Å². The molecule has 2 aromatic rings. The SMILES string of the molecule is O=C(Cc1cccc(F)c1)NCCNC(=O)C(c1ccccc1)N1CCCCC1=O. The van der Waals surface area contributed by atoms with Crippen molar-refractivity contribution in [1.29, 1.82) is 0 Å². The molecule has 1 aliphatic heterocycles. The van der Waals surface area contributed by atoms with Crippen molar-refractivity contribution in [3.05, 3.63) is 71.5 Å². The van der Waals surface area contributed by atoms with Crippen molar-refractivity contribution >= 4 is 17.7 Å². The highest BCUT2D eigenvalue weighted by atomic mass is 19.1. The number of hydrogen-bond acceptors (Lipinski definition) is 3. The van der Waals surface area contributed by atoms with E-state index < -0.39 is 6.04 Å². The molecule has 1 unspecified atom stereocenters. The van der Waals surface area contributed by atoms with E-state index in [1.54, 1.807) is 17.0 Å². The molecule has 0 aliphatic carbocycles. The maximum atomic E-state index is 13.2. The highest BCUT2D eigenvalue weighted by molar-refractivity contribution is 5.89. The van der Waals surface area contributed by atoms with Gasteiger partial charge < -0.3 is 15.5 Å². The van der Waals surface area contributed by atoms with E-state index in [4.69, 9.17) is 0 Å². The fourth-order valence-corrected chi connectivity index (χ4v) is 3.59. The van der Waals surface area contributed by atoms with Crippen LogP contribution in [0.5, 0.6) is 0 Å². The Morgan fingerprint density at radius 1 is 1.00 bits per heavy atom.